The molecule has 1 fully saturated rings. The maximum Gasteiger partial charge on any atom is 0.0278 e. The molecule has 1 aliphatic heterocycles. The van der Waals surface area contributed by atoms with Gasteiger partial charge in [-0.25, -0.2) is 0 Å². The van der Waals surface area contributed by atoms with Crippen molar-refractivity contribution in [3.05, 3.63) is 34.3 Å². The van der Waals surface area contributed by atoms with E-state index in [2.05, 4.69) is 78.1 Å². The predicted molar refractivity (Wildman–Crippen MR) is 94.5 cm³/mol. The van der Waals surface area contributed by atoms with Gasteiger partial charge in [0, 0.05) is 35.7 Å². The van der Waals surface area contributed by atoms with Crippen LogP contribution in [0.3, 0.4) is 0 Å². The molecule has 0 aromatic heterocycles. The Bertz CT molecular complexity index is 443. The van der Waals surface area contributed by atoms with Gasteiger partial charge in [0.1, 0.15) is 0 Å². The largest absolute Gasteiger partial charge is 0.309 e. The molecule has 0 amide bonds. The smallest absolute Gasteiger partial charge is 0.0278 e. The molecule has 0 radical (unpaired) electrons. The Kier molecular flexibility index (Phi) is 5.87. The van der Waals surface area contributed by atoms with Crippen molar-refractivity contribution in [1.82, 2.24) is 10.2 Å². The second kappa shape index (κ2) is 7.26. The van der Waals surface area contributed by atoms with E-state index < -0.39 is 0 Å². The van der Waals surface area contributed by atoms with Crippen LogP contribution in [0.1, 0.15) is 46.1 Å². The lowest BCUT2D eigenvalue weighted by molar-refractivity contribution is 0.0664. The standard InChI is InChI=1S/C18H29BrN2/c1-5-18(4)13-21(17(11-20-18)10-14(2)3)12-15-6-8-16(19)9-7-15/h6-9,14,17,20H,5,10-13H2,1-4H3. The zero-order valence-corrected chi connectivity index (χ0v) is 15.4. The van der Waals surface area contributed by atoms with Crippen LogP contribution in [-0.2, 0) is 6.54 Å². The molecule has 1 heterocycles. The number of nitrogens with zero attached hydrogens (tertiary/aromatic N) is 1. The van der Waals surface area contributed by atoms with Crippen molar-refractivity contribution in [2.24, 2.45) is 5.92 Å². The summed E-state index contributed by atoms with van der Waals surface area (Å²) in [5.74, 6) is 0.746. The van der Waals surface area contributed by atoms with Gasteiger partial charge in [0.05, 0.1) is 0 Å². The Labute approximate surface area is 138 Å². The van der Waals surface area contributed by atoms with Gasteiger partial charge in [-0.05, 0) is 43.4 Å². The zero-order valence-electron chi connectivity index (χ0n) is 13.8. The highest BCUT2D eigenvalue weighted by molar-refractivity contribution is 9.10. The number of halogens is 1. The van der Waals surface area contributed by atoms with E-state index in [1.807, 2.05) is 0 Å². The number of nitrogens with one attached hydrogen (secondary N) is 1. The topological polar surface area (TPSA) is 15.3 Å². The summed E-state index contributed by atoms with van der Waals surface area (Å²) in [5, 5.41) is 3.78. The van der Waals surface area contributed by atoms with E-state index in [4.69, 9.17) is 0 Å². The molecule has 0 saturated carbocycles. The monoisotopic (exact) mass is 352 g/mol. The van der Waals surface area contributed by atoms with Crippen molar-refractivity contribution in [3.8, 4) is 0 Å². The molecule has 0 spiro atoms. The third-order valence-electron chi connectivity index (χ3n) is 4.66. The first-order chi connectivity index (χ1) is 9.92. The van der Waals surface area contributed by atoms with Crippen molar-refractivity contribution in [1.29, 1.82) is 0 Å². The Balaban J connectivity index is 2.10. The minimum atomic E-state index is 0.253. The van der Waals surface area contributed by atoms with Gasteiger partial charge in [-0.15, -0.1) is 0 Å². The lowest BCUT2D eigenvalue weighted by atomic mass is 9.90. The summed E-state index contributed by atoms with van der Waals surface area (Å²) in [6.07, 6.45) is 2.45. The van der Waals surface area contributed by atoms with Crippen LogP contribution >= 0.6 is 15.9 Å². The highest BCUT2D eigenvalue weighted by atomic mass is 79.9. The van der Waals surface area contributed by atoms with Gasteiger partial charge >= 0.3 is 0 Å². The van der Waals surface area contributed by atoms with E-state index >= 15 is 0 Å². The maximum absolute atomic E-state index is 3.78. The number of rotatable bonds is 5. The second-order valence-electron chi connectivity index (χ2n) is 7.11. The van der Waals surface area contributed by atoms with Crippen molar-refractivity contribution in [3.63, 3.8) is 0 Å². The summed E-state index contributed by atoms with van der Waals surface area (Å²) >= 11 is 3.52. The Morgan fingerprint density at radius 2 is 2.00 bits per heavy atom. The molecule has 2 atom stereocenters. The second-order valence-corrected chi connectivity index (χ2v) is 8.03. The van der Waals surface area contributed by atoms with E-state index in [0.29, 0.717) is 6.04 Å². The van der Waals surface area contributed by atoms with Crippen LogP contribution in [0.2, 0.25) is 0 Å². The first kappa shape index (κ1) is 17.0. The molecular weight excluding hydrogens is 324 g/mol. The first-order valence-electron chi connectivity index (χ1n) is 8.15. The number of benzene rings is 1. The van der Waals surface area contributed by atoms with Gasteiger partial charge in [-0.3, -0.25) is 4.90 Å². The third kappa shape index (κ3) is 4.80. The van der Waals surface area contributed by atoms with Gasteiger partial charge in [0.15, 0.2) is 0 Å². The predicted octanol–water partition coefficient (Wildman–Crippen LogP) is 4.44. The van der Waals surface area contributed by atoms with Crippen molar-refractivity contribution in [2.45, 2.75) is 58.7 Å². The number of piperazine rings is 1. The molecule has 1 aliphatic rings. The van der Waals surface area contributed by atoms with Crippen LogP contribution in [-0.4, -0.2) is 29.6 Å². The van der Waals surface area contributed by atoms with Gasteiger partial charge in [-0.2, -0.15) is 0 Å². The summed E-state index contributed by atoms with van der Waals surface area (Å²) in [7, 11) is 0. The van der Waals surface area contributed by atoms with Gasteiger partial charge in [0.2, 0.25) is 0 Å². The molecule has 0 bridgehead atoms. The fourth-order valence-corrected chi connectivity index (χ4v) is 3.41. The molecule has 1 aromatic rings. The van der Waals surface area contributed by atoms with Crippen LogP contribution in [0, 0.1) is 5.92 Å². The molecule has 118 valence electrons. The van der Waals surface area contributed by atoms with Gasteiger partial charge in [-0.1, -0.05) is 48.8 Å². The maximum atomic E-state index is 3.78. The number of hydrogen-bond acceptors (Lipinski definition) is 2. The summed E-state index contributed by atoms with van der Waals surface area (Å²) in [6.45, 7) is 12.6. The van der Waals surface area contributed by atoms with Crippen LogP contribution in [0.4, 0.5) is 0 Å². The van der Waals surface area contributed by atoms with Crippen LogP contribution < -0.4 is 5.32 Å². The lowest BCUT2D eigenvalue weighted by Gasteiger charge is -2.46. The van der Waals surface area contributed by atoms with E-state index in [1.165, 1.54) is 18.4 Å². The van der Waals surface area contributed by atoms with E-state index in [-0.39, 0.29) is 5.54 Å². The van der Waals surface area contributed by atoms with E-state index in [1.54, 1.807) is 0 Å². The van der Waals surface area contributed by atoms with Crippen LogP contribution in [0.5, 0.6) is 0 Å². The average Bonchev–Trinajstić information content (AvgIpc) is 2.44. The SMILES string of the molecule is CCC1(C)CN(Cc2ccc(Br)cc2)C(CC(C)C)CN1. The lowest BCUT2D eigenvalue weighted by Crippen LogP contribution is -2.62. The fraction of sp³-hybridized carbons (Fsp3) is 0.667. The highest BCUT2D eigenvalue weighted by Crippen LogP contribution is 2.24. The van der Waals surface area contributed by atoms with Gasteiger partial charge in [0.25, 0.3) is 0 Å². The first-order valence-corrected chi connectivity index (χ1v) is 8.94. The Morgan fingerprint density at radius 3 is 2.57 bits per heavy atom. The summed E-state index contributed by atoms with van der Waals surface area (Å²) in [6, 6.07) is 9.42. The highest BCUT2D eigenvalue weighted by Gasteiger charge is 2.34. The molecule has 2 rings (SSSR count). The molecule has 0 aliphatic carbocycles. The normalized spacial score (nSPS) is 27.2. The van der Waals surface area contributed by atoms with Crippen LogP contribution in [0.15, 0.2) is 28.7 Å². The molecule has 1 saturated heterocycles. The summed E-state index contributed by atoms with van der Waals surface area (Å²) in [5.41, 5.74) is 1.66. The third-order valence-corrected chi connectivity index (χ3v) is 5.18. The minimum absolute atomic E-state index is 0.253. The molecule has 21 heavy (non-hydrogen) atoms. The molecule has 1 aromatic carbocycles. The average molecular weight is 353 g/mol. The Hall–Kier alpha value is -0.380. The fourth-order valence-electron chi connectivity index (χ4n) is 3.15. The van der Waals surface area contributed by atoms with Crippen molar-refractivity contribution in [2.75, 3.05) is 13.1 Å². The molecule has 2 nitrogen and oxygen atoms in total. The minimum Gasteiger partial charge on any atom is -0.309 e. The molecular formula is C18H29BrN2. The van der Waals surface area contributed by atoms with Crippen molar-refractivity contribution < 1.29 is 0 Å². The molecule has 2 unspecified atom stereocenters. The van der Waals surface area contributed by atoms with Crippen LogP contribution in [0.25, 0.3) is 0 Å². The zero-order chi connectivity index (χ0) is 15.5. The molecule has 3 heteroatoms. The van der Waals surface area contributed by atoms with E-state index in [0.717, 1.165) is 30.0 Å². The Morgan fingerprint density at radius 1 is 1.33 bits per heavy atom. The molecule has 1 N–H and O–H groups in total. The van der Waals surface area contributed by atoms with Crippen molar-refractivity contribution >= 4 is 15.9 Å². The quantitative estimate of drug-likeness (QED) is 0.842. The van der Waals surface area contributed by atoms with E-state index in [9.17, 15) is 0 Å². The van der Waals surface area contributed by atoms with Gasteiger partial charge < -0.3 is 5.32 Å². The number of hydrogen-bond donors (Lipinski definition) is 1. The summed E-state index contributed by atoms with van der Waals surface area (Å²) in [4.78, 5) is 2.68. The summed E-state index contributed by atoms with van der Waals surface area (Å²) < 4.78 is 1.16.